The standard InChI is InChI=1S/C25H31F3N2O2.C3H6/c1-3-17(2)24(10-6-22(15-24)29-21-8-12-32-13-9-21)23(31)30-11-7-18-4-5-20(25(26,27)28)14-19(18)16-30;1-3-2/h3-5,14,21-22,29H,1-2,6-13,15-16H2;3H,1H2,2H3. The molecule has 7 heteroatoms. The third kappa shape index (κ3) is 6.25. The third-order valence-electron chi connectivity index (χ3n) is 7.31. The number of alkyl halides is 3. The number of hydrogen-bond donors (Lipinski definition) is 1. The van der Waals surface area contributed by atoms with Gasteiger partial charge in [-0.15, -0.1) is 6.58 Å². The molecule has 1 amide bonds. The Morgan fingerprint density at radius 1 is 1.17 bits per heavy atom. The lowest BCUT2D eigenvalue weighted by Gasteiger charge is -2.38. The molecule has 2 atom stereocenters. The lowest BCUT2D eigenvalue weighted by Crippen LogP contribution is -2.47. The molecule has 192 valence electrons. The van der Waals surface area contributed by atoms with E-state index in [2.05, 4.69) is 25.1 Å². The molecule has 1 saturated carbocycles. The first-order chi connectivity index (χ1) is 16.6. The quantitative estimate of drug-likeness (QED) is 0.417. The Kier molecular flexibility index (Phi) is 9.00. The number of benzene rings is 1. The molecular weight excluding hydrogens is 453 g/mol. The number of allylic oxidation sites excluding steroid dienone is 2. The molecule has 1 saturated heterocycles. The molecule has 0 bridgehead atoms. The van der Waals surface area contributed by atoms with Crippen molar-refractivity contribution in [1.82, 2.24) is 10.2 Å². The molecule has 1 aromatic rings. The van der Waals surface area contributed by atoms with Crippen LogP contribution in [0.1, 0.15) is 55.7 Å². The third-order valence-corrected chi connectivity index (χ3v) is 7.31. The van der Waals surface area contributed by atoms with Gasteiger partial charge >= 0.3 is 6.18 Å². The van der Waals surface area contributed by atoms with Crippen molar-refractivity contribution in [2.75, 3.05) is 19.8 Å². The number of carbonyl (C=O) groups excluding carboxylic acids is 1. The van der Waals surface area contributed by atoms with Gasteiger partial charge in [0.25, 0.3) is 0 Å². The van der Waals surface area contributed by atoms with E-state index >= 15 is 0 Å². The average Bonchev–Trinajstić information content (AvgIpc) is 3.27. The highest BCUT2D eigenvalue weighted by Crippen LogP contribution is 2.46. The summed E-state index contributed by atoms with van der Waals surface area (Å²) in [6, 6.07) is 4.45. The van der Waals surface area contributed by atoms with Crippen molar-refractivity contribution in [2.45, 2.75) is 70.3 Å². The van der Waals surface area contributed by atoms with Crippen LogP contribution in [0.15, 0.2) is 55.7 Å². The monoisotopic (exact) mass is 490 g/mol. The predicted molar refractivity (Wildman–Crippen MR) is 133 cm³/mol. The zero-order chi connectivity index (χ0) is 25.6. The summed E-state index contributed by atoms with van der Waals surface area (Å²) in [5.41, 5.74) is 0.743. The zero-order valence-electron chi connectivity index (χ0n) is 20.6. The first-order valence-electron chi connectivity index (χ1n) is 12.4. The number of fused-ring (bicyclic) bond motifs is 1. The van der Waals surface area contributed by atoms with Gasteiger partial charge in [0.05, 0.1) is 11.0 Å². The maximum absolute atomic E-state index is 13.8. The van der Waals surface area contributed by atoms with Gasteiger partial charge in [-0.3, -0.25) is 4.79 Å². The molecule has 1 aromatic carbocycles. The first kappa shape index (κ1) is 27.2. The fourth-order valence-electron chi connectivity index (χ4n) is 5.41. The summed E-state index contributed by atoms with van der Waals surface area (Å²) >= 11 is 0. The van der Waals surface area contributed by atoms with Crippen LogP contribution in [0.2, 0.25) is 0 Å². The SMILES string of the molecule is C=CC.C=CC(=C)C1(C(=O)N2CCc3ccc(C(F)(F)F)cc3C2)CCC(NC2CCOCC2)C1. The van der Waals surface area contributed by atoms with E-state index in [1.165, 1.54) is 6.07 Å². The molecule has 35 heavy (non-hydrogen) atoms. The summed E-state index contributed by atoms with van der Waals surface area (Å²) in [5.74, 6) is -0.0401. The van der Waals surface area contributed by atoms with Gasteiger partial charge in [0.2, 0.25) is 5.91 Å². The van der Waals surface area contributed by atoms with E-state index in [9.17, 15) is 18.0 Å². The number of carbonyl (C=O) groups is 1. The topological polar surface area (TPSA) is 41.6 Å². The summed E-state index contributed by atoms with van der Waals surface area (Å²) in [5, 5.41) is 3.70. The normalized spacial score (nSPS) is 24.7. The fourth-order valence-corrected chi connectivity index (χ4v) is 5.41. The molecule has 3 aliphatic rings. The van der Waals surface area contributed by atoms with E-state index < -0.39 is 17.2 Å². The number of ether oxygens (including phenoxy) is 1. The van der Waals surface area contributed by atoms with Gasteiger partial charge in [-0.2, -0.15) is 13.2 Å². The first-order valence-corrected chi connectivity index (χ1v) is 12.4. The molecule has 2 heterocycles. The van der Waals surface area contributed by atoms with Gasteiger partial charge in [0.15, 0.2) is 0 Å². The Morgan fingerprint density at radius 2 is 1.86 bits per heavy atom. The van der Waals surface area contributed by atoms with E-state index in [4.69, 9.17) is 4.74 Å². The van der Waals surface area contributed by atoms with Crippen LogP contribution in [-0.4, -0.2) is 42.6 Å². The summed E-state index contributed by atoms with van der Waals surface area (Å²) in [6.45, 7) is 15.5. The highest BCUT2D eigenvalue weighted by atomic mass is 19.4. The van der Waals surface area contributed by atoms with Gasteiger partial charge in [-0.1, -0.05) is 31.4 Å². The van der Waals surface area contributed by atoms with Crippen LogP contribution >= 0.6 is 0 Å². The molecule has 2 fully saturated rings. The molecule has 1 aliphatic carbocycles. The van der Waals surface area contributed by atoms with E-state index in [-0.39, 0.29) is 18.5 Å². The van der Waals surface area contributed by atoms with Crippen LogP contribution in [0.3, 0.4) is 0 Å². The molecule has 0 aromatic heterocycles. The second-order valence-corrected chi connectivity index (χ2v) is 9.67. The smallest absolute Gasteiger partial charge is 0.381 e. The Bertz CT molecular complexity index is 937. The minimum atomic E-state index is -4.39. The maximum atomic E-state index is 13.8. The number of rotatable bonds is 5. The number of amides is 1. The summed E-state index contributed by atoms with van der Waals surface area (Å²) in [4.78, 5) is 15.5. The van der Waals surface area contributed by atoms with Crippen molar-refractivity contribution in [2.24, 2.45) is 5.41 Å². The van der Waals surface area contributed by atoms with Crippen LogP contribution in [0, 0.1) is 5.41 Å². The Hall–Kier alpha value is -2.38. The van der Waals surface area contributed by atoms with E-state index in [1.807, 2.05) is 6.92 Å². The Morgan fingerprint density at radius 3 is 2.49 bits per heavy atom. The lowest BCUT2D eigenvalue weighted by molar-refractivity contribution is -0.140. The lowest BCUT2D eigenvalue weighted by atomic mass is 9.77. The Balaban J connectivity index is 0.00000108. The summed E-state index contributed by atoms with van der Waals surface area (Å²) < 4.78 is 45.0. The van der Waals surface area contributed by atoms with Crippen molar-refractivity contribution in [3.63, 3.8) is 0 Å². The van der Waals surface area contributed by atoms with Gasteiger partial charge < -0.3 is 15.0 Å². The minimum Gasteiger partial charge on any atom is -0.381 e. The second-order valence-electron chi connectivity index (χ2n) is 9.67. The van der Waals surface area contributed by atoms with Crippen molar-refractivity contribution in [1.29, 1.82) is 0 Å². The number of nitrogens with zero attached hydrogens (tertiary/aromatic N) is 1. The van der Waals surface area contributed by atoms with E-state index in [0.717, 1.165) is 44.1 Å². The largest absolute Gasteiger partial charge is 0.416 e. The number of nitrogens with one attached hydrogen (secondary N) is 1. The predicted octanol–water partition coefficient (Wildman–Crippen LogP) is 5.83. The van der Waals surface area contributed by atoms with Crippen LogP contribution in [-0.2, 0) is 28.7 Å². The number of hydrogen-bond acceptors (Lipinski definition) is 3. The van der Waals surface area contributed by atoms with Crippen molar-refractivity contribution in [3.05, 3.63) is 72.4 Å². The molecule has 1 N–H and O–H groups in total. The van der Waals surface area contributed by atoms with Gasteiger partial charge in [0.1, 0.15) is 0 Å². The molecular formula is C28H37F3N2O2. The van der Waals surface area contributed by atoms with Crippen molar-refractivity contribution in [3.8, 4) is 0 Å². The zero-order valence-corrected chi connectivity index (χ0v) is 20.6. The highest BCUT2D eigenvalue weighted by molar-refractivity contribution is 5.87. The Labute approximate surface area is 206 Å². The van der Waals surface area contributed by atoms with Crippen molar-refractivity contribution < 1.29 is 22.7 Å². The molecule has 2 unspecified atom stereocenters. The van der Waals surface area contributed by atoms with E-state index in [1.54, 1.807) is 23.1 Å². The van der Waals surface area contributed by atoms with Crippen molar-refractivity contribution >= 4 is 5.91 Å². The highest BCUT2D eigenvalue weighted by Gasteiger charge is 2.49. The minimum absolute atomic E-state index is 0.0401. The van der Waals surface area contributed by atoms with Crippen LogP contribution in [0.4, 0.5) is 13.2 Å². The van der Waals surface area contributed by atoms with Crippen LogP contribution < -0.4 is 5.32 Å². The molecule has 4 nitrogen and oxygen atoms in total. The number of halogens is 3. The van der Waals surface area contributed by atoms with Crippen LogP contribution in [0.25, 0.3) is 0 Å². The molecule has 2 aliphatic heterocycles. The maximum Gasteiger partial charge on any atom is 0.416 e. The summed E-state index contributed by atoms with van der Waals surface area (Å²) in [7, 11) is 0. The van der Waals surface area contributed by atoms with E-state index in [0.29, 0.717) is 43.0 Å². The van der Waals surface area contributed by atoms with Crippen LogP contribution in [0.5, 0.6) is 0 Å². The fraction of sp³-hybridized carbons (Fsp3) is 0.536. The molecule has 4 rings (SSSR count). The molecule has 0 radical (unpaired) electrons. The van der Waals surface area contributed by atoms with Gasteiger partial charge in [0, 0.05) is 38.4 Å². The van der Waals surface area contributed by atoms with Gasteiger partial charge in [-0.05, 0) is 74.3 Å². The van der Waals surface area contributed by atoms with Gasteiger partial charge in [-0.25, -0.2) is 0 Å². The molecule has 0 spiro atoms. The second kappa shape index (κ2) is 11.6. The summed E-state index contributed by atoms with van der Waals surface area (Å²) in [6.07, 6.45) is 3.67. The average molecular weight is 491 g/mol.